The van der Waals surface area contributed by atoms with Crippen LogP contribution in [0.15, 0.2) is 89.7 Å². The van der Waals surface area contributed by atoms with Gasteiger partial charge < -0.3 is 5.32 Å². The van der Waals surface area contributed by atoms with E-state index in [2.05, 4.69) is 46.7 Å². The molecular weight excluding hydrogens is 450 g/mol. The molecule has 0 saturated heterocycles. The minimum Gasteiger partial charge on any atom is -0.355 e. The molecule has 7 heteroatoms. The van der Waals surface area contributed by atoms with Crippen LogP contribution in [0.1, 0.15) is 36.2 Å². The number of benzene rings is 3. The second-order valence-electron chi connectivity index (χ2n) is 9.08. The molecule has 2 heterocycles. The van der Waals surface area contributed by atoms with Gasteiger partial charge in [0.25, 0.3) is 5.56 Å². The number of rotatable bonds is 9. The molecule has 7 nitrogen and oxygen atoms in total. The first kappa shape index (κ1) is 23.5. The quantitative estimate of drug-likeness (QED) is 0.345. The molecular formula is C29H29N5O2. The van der Waals surface area contributed by atoms with Gasteiger partial charge in [-0.05, 0) is 35.6 Å². The van der Waals surface area contributed by atoms with Gasteiger partial charge in [0, 0.05) is 25.9 Å². The molecule has 0 bridgehead atoms. The average molecular weight is 480 g/mol. The van der Waals surface area contributed by atoms with Gasteiger partial charge in [-0.2, -0.15) is 0 Å². The number of amides is 1. The Hall–Kier alpha value is -4.26. The first-order chi connectivity index (χ1) is 17.6. The van der Waals surface area contributed by atoms with Gasteiger partial charge in [0.05, 0.1) is 10.9 Å². The Balaban J connectivity index is 1.36. The number of aromatic nitrogens is 4. The van der Waals surface area contributed by atoms with Crippen molar-refractivity contribution in [2.45, 2.75) is 38.6 Å². The molecule has 0 fully saturated rings. The molecule has 1 amide bonds. The van der Waals surface area contributed by atoms with E-state index in [1.54, 1.807) is 4.57 Å². The number of carbonyl (C=O) groups excluding carboxylic acids is 1. The molecule has 0 aliphatic heterocycles. The third-order valence-corrected chi connectivity index (χ3v) is 6.59. The Morgan fingerprint density at radius 3 is 2.36 bits per heavy atom. The van der Waals surface area contributed by atoms with Gasteiger partial charge in [-0.3, -0.25) is 18.6 Å². The molecule has 0 aliphatic rings. The Morgan fingerprint density at radius 1 is 0.889 bits per heavy atom. The van der Waals surface area contributed by atoms with Gasteiger partial charge in [0.2, 0.25) is 11.7 Å². The highest BCUT2D eigenvalue weighted by Gasteiger charge is 2.17. The van der Waals surface area contributed by atoms with Crippen LogP contribution < -0.4 is 10.9 Å². The zero-order valence-electron chi connectivity index (χ0n) is 20.3. The third-order valence-electron chi connectivity index (χ3n) is 6.59. The Labute approximate surface area is 209 Å². The molecule has 182 valence electrons. The predicted molar refractivity (Wildman–Crippen MR) is 141 cm³/mol. The highest BCUT2D eigenvalue weighted by Crippen LogP contribution is 2.17. The number of aryl methyl sites for hydroxylation is 3. The first-order valence-corrected chi connectivity index (χ1v) is 12.3. The van der Waals surface area contributed by atoms with Crippen LogP contribution in [0, 0.1) is 0 Å². The van der Waals surface area contributed by atoms with Crippen LogP contribution in [-0.4, -0.2) is 31.6 Å². The number of nitrogens with one attached hydrogen (secondary N) is 1. The van der Waals surface area contributed by atoms with E-state index >= 15 is 0 Å². The van der Waals surface area contributed by atoms with Gasteiger partial charge >= 0.3 is 0 Å². The molecule has 0 aliphatic carbocycles. The maximum absolute atomic E-state index is 13.3. The summed E-state index contributed by atoms with van der Waals surface area (Å²) in [5.41, 5.74) is 3.02. The number of para-hydroxylation sites is 1. The number of nitrogens with zero attached hydrogens (tertiary/aromatic N) is 4. The molecule has 36 heavy (non-hydrogen) atoms. The third kappa shape index (κ3) is 4.91. The first-order valence-electron chi connectivity index (χ1n) is 12.3. The van der Waals surface area contributed by atoms with E-state index < -0.39 is 0 Å². The number of fused-ring (bicyclic) bond motifs is 3. The molecule has 2 aromatic heterocycles. The van der Waals surface area contributed by atoms with Crippen LogP contribution in [-0.2, 0) is 24.2 Å². The van der Waals surface area contributed by atoms with Gasteiger partial charge in [-0.15, -0.1) is 10.2 Å². The molecule has 3 aromatic carbocycles. The Bertz CT molecular complexity index is 1540. The Kier molecular flexibility index (Phi) is 6.89. The van der Waals surface area contributed by atoms with Gasteiger partial charge in [0.1, 0.15) is 5.82 Å². The SMILES string of the molecule is CC(CNC(=O)CCc1nnc2n(CCc3ccccc3)c(=O)c3ccccc3n12)c1ccccc1. The van der Waals surface area contributed by atoms with E-state index in [0.717, 1.165) is 11.1 Å². The van der Waals surface area contributed by atoms with Crippen molar-refractivity contribution >= 4 is 22.6 Å². The number of carbonyl (C=O) groups is 1. The number of hydrogen-bond acceptors (Lipinski definition) is 4. The summed E-state index contributed by atoms with van der Waals surface area (Å²) in [7, 11) is 0. The number of hydrogen-bond donors (Lipinski definition) is 1. The molecule has 1 atom stereocenters. The monoisotopic (exact) mass is 479 g/mol. The van der Waals surface area contributed by atoms with Crippen molar-refractivity contribution in [3.8, 4) is 0 Å². The van der Waals surface area contributed by atoms with E-state index in [-0.39, 0.29) is 17.4 Å². The van der Waals surface area contributed by atoms with Gasteiger partial charge in [0.15, 0.2) is 0 Å². The van der Waals surface area contributed by atoms with E-state index in [4.69, 9.17) is 0 Å². The van der Waals surface area contributed by atoms with Gasteiger partial charge in [-0.25, -0.2) is 0 Å². The van der Waals surface area contributed by atoms with Gasteiger partial charge in [-0.1, -0.05) is 79.7 Å². The molecule has 1 unspecified atom stereocenters. The lowest BCUT2D eigenvalue weighted by Crippen LogP contribution is -2.28. The van der Waals surface area contributed by atoms with E-state index in [9.17, 15) is 9.59 Å². The fourth-order valence-electron chi connectivity index (χ4n) is 4.54. The summed E-state index contributed by atoms with van der Waals surface area (Å²) in [5, 5.41) is 12.4. The van der Waals surface area contributed by atoms with Crippen molar-refractivity contribution in [3.63, 3.8) is 0 Å². The Morgan fingerprint density at radius 2 is 1.58 bits per heavy atom. The predicted octanol–water partition coefficient (Wildman–Crippen LogP) is 4.14. The maximum atomic E-state index is 13.3. The largest absolute Gasteiger partial charge is 0.355 e. The zero-order chi connectivity index (χ0) is 24.9. The minimum atomic E-state index is -0.0828. The van der Waals surface area contributed by atoms with Crippen molar-refractivity contribution in [2.24, 2.45) is 0 Å². The van der Waals surface area contributed by atoms with E-state index in [1.165, 1.54) is 5.56 Å². The molecule has 0 saturated carbocycles. The van der Waals surface area contributed by atoms with Crippen LogP contribution in [0.4, 0.5) is 0 Å². The summed E-state index contributed by atoms with van der Waals surface area (Å²) < 4.78 is 3.61. The van der Waals surface area contributed by atoms with Crippen molar-refractivity contribution in [1.29, 1.82) is 0 Å². The summed E-state index contributed by atoms with van der Waals surface area (Å²) in [6.45, 7) is 3.17. The highest BCUT2D eigenvalue weighted by atomic mass is 16.1. The lowest BCUT2D eigenvalue weighted by atomic mass is 10.0. The molecule has 1 N–H and O–H groups in total. The molecule has 0 radical (unpaired) electrons. The smallest absolute Gasteiger partial charge is 0.262 e. The zero-order valence-corrected chi connectivity index (χ0v) is 20.3. The maximum Gasteiger partial charge on any atom is 0.262 e. The fourth-order valence-corrected chi connectivity index (χ4v) is 4.54. The topological polar surface area (TPSA) is 81.3 Å². The van der Waals surface area contributed by atoms with Crippen LogP contribution in [0.25, 0.3) is 16.7 Å². The summed E-state index contributed by atoms with van der Waals surface area (Å²) in [6, 6.07) is 27.7. The van der Waals surface area contributed by atoms with Crippen LogP contribution in [0.3, 0.4) is 0 Å². The summed E-state index contributed by atoms with van der Waals surface area (Å²) in [4.78, 5) is 26.0. The summed E-state index contributed by atoms with van der Waals surface area (Å²) >= 11 is 0. The highest BCUT2D eigenvalue weighted by molar-refractivity contribution is 5.80. The van der Waals surface area contributed by atoms with E-state index in [0.29, 0.717) is 49.3 Å². The second-order valence-corrected chi connectivity index (χ2v) is 9.08. The van der Waals surface area contributed by atoms with Crippen molar-refractivity contribution < 1.29 is 4.79 Å². The van der Waals surface area contributed by atoms with Crippen LogP contribution >= 0.6 is 0 Å². The average Bonchev–Trinajstić information content (AvgIpc) is 3.35. The lowest BCUT2D eigenvalue weighted by molar-refractivity contribution is -0.121. The van der Waals surface area contributed by atoms with Crippen LogP contribution in [0.5, 0.6) is 0 Å². The van der Waals surface area contributed by atoms with Crippen molar-refractivity contribution in [1.82, 2.24) is 24.5 Å². The van der Waals surface area contributed by atoms with Crippen molar-refractivity contribution in [3.05, 3.63) is 112 Å². The minimum absolute atomic E-state index is 0.0313. The summed E-state index contributed by atoms with van der Waals surface area (Å²) in [6.07, 6.45) is 1.42. The standard InChI is InChI=1S/C29H29N5O2/c1-21(23-12-6-3-7-13-23)20-30-27(35)17-16-26-31-32-29-33(19-18-22-10-4-2-5-11-22)28(36)24-14-8-9-15-25(24)34(26)29/h2-15,21H,16-20H2,1H3,(H,30,35). The lowest BCUT2D eigenvalue weighted by Gasteiger charge is -2.13. The second kappa shape index (κ2) is 10.6. The summed E-state index contributed by atoms with van der Waals surface area (Å²) in [5.74, 6) is 1.37. The van der Waals surface area contributed by atoms with Crippen molar-refractivity contribution in [2.75, 3.05) is 6.54 Å². The molecule has 5 rings (SSSR count). The fraction of sp³-hybridized carbons (Fsp3) is 0.241. The van der Waals surface area contributed by atoms with E-state index in [1.807, 2.05) is 65.1 Å². The normalized spacial score (nSPS) is 12.1. The molecule has 5 aromatic rings. The molecule has 0 spiro atoms. The van der Waals surface area contributed by atoms with Crippen LogP contribution in [0.2, 0.25) is 0 Å².